The third-order valence-electron chi connectivity index (χ3n) is 4.07. The van der Waals surface area contributed by atoms with Crippen LogP contribution >= 0.6 is 11.8 Å². The molecule has 1 aromatic carbocycles. The molecule has 1 fully saturated rings. The Morgan fingerprint density at radius 1 is 1.38 bits per heavy atom. The van der Waals surface area contributed by atoms with Crippen LogP contribution in [0.25, 0.3) is 0 Å². The van der Waals surface area contributed by atoms with Crippen LogP contribution in [0.1, 0.15) is 27.7 Å². The van der Waals surface area contributed by atoms with Gasteiger partial charge in [0, 0.05) is 10.8 Å². The first-order chi connectivity index (χ1) is 12.4. The van der Waals surface area contributed by atoms with Crippen LogP contribution in [0, 0.1) is 5.92 Å². The van der Waals surface area contributed by atoms with Crippen molar-refractivity contribution in [1.29, 1.82) is 0 Å². The van der Waals surface area contributed by atoms with E-state index in [1.807, 2.05) is 64.1 Å². The molecule has 0 aromatic heterocycles. The Kier molecular flexibility index (Phi) is 7.55. The molecule has 0 spiro atoms. The van der Waals surface area contributed by atoms with Gasteiger partial charge in [0.1, 0.15) is 11.0 Å². The third kappa shape index (κ3) is 5.50. The predicted octanol–water partition coefficient (Wildman–Crippen LogP) is 4.06. The van der Waals surface area contributed by atoms with Crippen LogP contribution in [-0.2, 0) is 19.0 Å². The van der Waals surface area contributed by atoms with Crippen LogP contribution in [0.5, 0.6) is 5.75 Å². The van der Waals surface area contributed by atoms with Crippen molar-refractivity contribution in [1.82, 2.24) is 0 Å². The summed E-state index contributed by atoms with van der Waals surface area (Å²) in [5.74, 6) is -0.270. The Morgan fingerprint density at radius 3 is 2.58 bits per heavy atom. The van der Waals surface area contributed by atoms with E-state index in [1.165, 1.54) is 11.8 Å². The number of carbonyl (C=O) groups excluding carboxylic acids is 1. The summed E-state index contributed by atoms with van der Waals surface area (Å²) in [5.41, 5.74) is 0. The number of thioether (sulfide) groups is 1. The minimum absolute atomic E-state index is 0.159. The zero-order chi connectivity index (χ0) is 19.2. The van der Waals surface area contributed by atoms with Crippen LogP contribution in [-0.4, -0.2) is 43.4 Å². The molecule has 26 heavy (non-hydrogen) atoms. The minimum Gasteiger partial charge on any atom is -0.497 e. The standard InChI is InChI=1S/C20H28O5S/c1-6-8-16(17-13-24-20(3,4)25-17)18(19(21)23-7-2)26-15-11-9-14(22-5)10-12-15/h6,8-12,16-18H,7,13H2,1-5H3/b8-6+/t16-,17+,18+/m0/s1. The molecule has 1 aliphatic heterocycles. The Bertz CT molecular complexity index is 611. The molecule has 0 amide bonds. The normalized spacial score (nSPS) is 21.5. The van der Waals surface area contributed by atoms with Crippen molar-refractivity contribution in [2.75, 3.05) is 20.3 Å². The topological polar surface area (TPSA) is 54.0 Å². The monoisotopic (exact) mass is 380 g/mol. The van der Waals surface area contributed by atoms with E-state index < -0.39 is 11.0 Å². The van der Waals surface area contributed by atoms with E-state index >= 15 is 0 Å². The summed E-state index contributed by atoms with van der Waals surface area (Å²) in [6, 6.07) is 7.65. The number of allylic oxidation sites excluding steroid dienone is 1. The van der Waals surface area contributed by atoms with Gasteiger partial charge in [-0.25, -0.2) is 0 Å². The molecule has 1 aromatic rings. The number of methoxy groups -OCH3 is 1. The van der Waals surface area contributed by atoms with Crippen LogP contribution < -0.4 is 4.74 Å². The first-order valence-electron chi connectivity index (χ1n) is 8.82. The van der Waals surface area contributed by atoms with Crippen molar-refractivity contribution < 1.29 is 23.7 Å². The Hall–Kier alpha value is -1.50. The lowest BCUT2D eigenvalue weighted by Crippen LogP contribution is -2.37. The summed E-state index contributed by atoms with van der Waals surface area (Å²) in [5, 5.41) is -0.429. The molecule has 144 valence electrons. The maximum absolute atomic E-state index is 12.7. The van der Waals surface area contributed by atoms with Gasteiger partial charge in [0.2, 0.25) is 0 Å². The van der Waals surface area contributed by atoms with Crippen molar-refractivity contribution in [3.8, 4) is 5.75 Å². The summed E-state index contributed by atoms with van der Waals surface area (Å²) in [4.78, 5) is 13.7. The molecule has 0 radical (unpaired) electrons. The van der Waals surface area contributed by atoms with Crippen molar-refractivity contribution in [2.24, 2.45) is 5.92 Å². The average Bonchev–Trinajstić information content (AvgIpc) is 2.98. The van der Waals surface area contributed by atoms with Crippen molar-refractivity contribution in [3.63, 3.8) is 0 Å². The lowest BCUT2D eigenvalue weighted by atomic mass is 9.97. The number of rotatable bonds is 8. The smallest absolute Gasteiger partial charge is 0.320 e. The van der Waals surface area contributed by atoms with Gasteiger partial charge in [0.15, 0.2) is 5.79 Å². The molecule has 1 heterocycles. The largest absolute Gasteiger partial charge is 0.497 e. The van der Waals surface area contributed by atoms with Crippen LogP contribution in [0.2, 0.25) is 0 Å². The van der Waals surface area contributed by atoms with E-state index in [2.05, 4.69) is 0 Å². The molecule has 2 rings (SSSR count). The summed E-state index contributed by atoms with van der Waals surface area (Å²) >= 11 is 1.47. The Labute approximate surface area is 160 Å². The average molecular weight is 381 g/mol. The zero-order valence-electron chi connectivity index (χ0n) is 16.1. The zero-order valence-corrected chi connectivity index (χ0v) is 16.9. The van der Waals surface area contributed by atoms with Gasteiger partial charge in [0.25, 0.3) is 0 Å². The molecule has 0 N–H and O–H groups in total. The number of hydrogen-bond donors (Lipinski definition) is 0. The molecular formula is C20H28O5S. The lowest BCUT2D eigenvalue weighted by molar-refractivity contribution is -0.150. The SMILES string of the molecule is C/C=C/[C@@H]([C@H]1COC(C)(C)O1)[C@@H](Sc1ccc(OC)cc1)C(=O)OCC. The van der Waals surface area contributed by atoms with Gasteiger partial charge in [-0.05, 0) is 52.0 Å². The highest BCUT2D eigenvalue weighted by molar-refractivity contribution is 8.00. The van der Waals surface area contributed by atoms with Crippen molar-refractivity contribution in [3.05, 3.63) is 36.4 Å². The highest BCUT2D eigenvalue weighted by atomic mass is 32.2. The number of carbonyl (C=O) groups is 1. The lowest BCUT2D eigenvalue weighted by Gasteiger charge is -2.27. The van der Waals surface area contributed by atoms with E-state index in [-0.39, 0.29) is 18.0 Å². The van der Waals surface area contributed by atoms with Gasteiger partial charge in [-0.15, -0.1) is 11.8 Å². The molecule has 0 aliphatic carbocycles. The molecule has 1 saturated heterocycles. The second kappa shape index (κ2) is 9.44. The number of ether oxygens (including phenoxy) is 4. The summed E-state index contributed by atoms with van der Waals surface area (Å²) in [6.45, 7) is 8.31. The van der Waals surface area contributed by atoms with E-state index in [9.17, 15) is 4.79 Å². The first kappa shape index (κ1) is 20.8. The number of hydrogen-bond acceptors (Lipinski definition) is 6. The minimum atomic E-state index is -0.644. The fraction of sp³-hybridized carbons (Fsp3) is 0.550. The van der Waals surface area contributed by atoms with E-state index in [4.69, 9.17) is 18.9 Å². The van der Waals surface area contributed by atoms with Gasteiger partial charge in [-0.1, -0.05) is 12.2 Å². The molecule has 0 bridgehead atoms. The Balaban J connectivity index is 2.26. The van der Waals surface area contributed by atoms with Crippen LogP contribution in [0.15, 0.2) is 41.3 Å². The molecule has 1 aliphatic rings. The van der Waals surface area contributed by atoms with E-state index in [0.717, 1.165) is 10.6 Å². The fourth-order valence-corrected chi connectivity index (χ4v) is 4.03. The molecular weight excluding hydrogens is 352 g/mol. The summed E-state index contributed by atoms with van der Waals surface area (Å²) in [7, 11) is 1.63. The van der Waals surface area contributed by atoms with Crippen LogP contribution in [0.4, 0.5) is 0 Å². The maximum atomic E-state index is 12.7. The highest BCUT2D eigenvalue weighted by Crippen LogP contribution is 2.37. The van der Waals surface area contributed by atoms with Crippen LogP contribution in [0.3, 0.4) is 0 Å². The Morgan fingerprint density at radius 2 is 2.08 bits per heavy atom. The van der Waals surface area contributed by atoms with Crippen molar-refractivity contribution in [2.45, 2.75) is 49.7 Å². The summed E-state index contributed by atoms with van der Waals surface area (Å²) in [6.07, 6.45) is 3.74. The van der Waals surface area contributed by atoms with E-state index in [0.29, 0.717) is 13.2 Å². The third-order valence-corrected chi connectivity index (χ3v) is 5.37. The number of esters is 1. The predicted molar refractivity (Wildman–Crippen MR) is 102 cm³/mol. The van der Waals surface area contributed by atoms with Gasteiger partial charge < -0.3 is 18.9 Å². The first-order valence-corrected chi connectivity index (χ1v) is 9.70. The molecule has 6 heteroatoms. The van der Waals surface area contributed by atoms with Gasteiger partial charge in [0.05, 0.1) is 26.4 Å². The van der Waals surface area contributed by atoms with Gasteiger partial charge in [-0.3, -0.25) is 4.79 Å². The quantitative estimate of drug-likeness (QED) is 0.385. The maximum Gasteiger partial charge on any atom is 0.320 e. The molecule has 3 atom stereocenters. The fourth-order valence-electron chi connectivity index (χ4n) is 2.86. The molecule has 0 unspecified atom stereocenters. The molecule has 0 saturated carbocycles. The highest BCUT2D eigenvalue weighted by Gasteiger charge is 2.42. The second-order valence-corrected chi connectivity index (χ2v) is 7.65. The number of benzene rings is 1. The van der Waals surface area contributed by atoms with Crippen molar-refractivity contribution >= 4 is 17.7 Å². The van der Waals surface area contributed by atoms with Gasteiger partial charge in [-0.2, -0.15) is 0 Å². The molecule has 5 nitrogen and oxygen atoms in total. The van der Waals surface area contributed by atoms with E-state index in [1.54, 1.807) is 7.11 Å². The second-order valence-electron chi connectivity index (χ2n) is 6.44. The summed E-state index contributed by atoms with van der Waals surface area (Å²) < 4.78 is 22.3. The van der Waals surface area contributed by atoms with Gasteiger partial charge >= 0.3 is 5.97 Å².